The van der Waals surface area contributed by atoms with Crippen LogP contribution in [-0.2, 0) is 20.7 Å². The van der Waals surface area contributed by atoms with Crippen molar-refractivity contribution in [2.24, 2.45) is 0 Å². The number of Topliss-reactive ketones (excluding diaryl/α,β-unsaturated/α-hetero) is 1. The lowest BCUT2D eigenvalue weighted by Gasteiger charge is -2.10. The number of aryl methyl sites for hydroxylation is 1. The first-order valence-electron chi connectivity index (χ1n) is 9.66. The maximum absolute atomic E-state index is 12.1. The third kappa shape index (κ3) is 7.24. The Morgan fingerprint density at radius 1 is 0.900 bits per heavy atom. The summed E-state index contributed by atoms with van der Waals surface area (Å²) in [6.07, 6.45) is 0.569. The Morgan fingerprint density at radius 3 is 2.27 bits per heavy atom. The summed E-state index contributed by atoms with van der Waals surface area (Å²) in [5.74, 6) is 0.152. The smallest absolute Gasteiger partial charge is 0.306 e. The van der Waals surface area contributed by atoms with Gasteiger partial charge in [0.25, 0.3) is 5.91 Å². The molecule has 0 aliphatic carbocycles. The number of hydrogen-bond acceptors (Lipinski definition) is 6. The minimum absolute atomic E-state index is 0.0445. The Labute approximate surface area is 176 Å². The molecule has 0 bridgehead atoms. The van der Waals surface area contributed by atoms with Crippen LogP contribution >= 0.6 is 0 Å². The number of ketones is 1. The van der Waals surface area contributed by atoms with Crippen LogP contribution in [-0.4, -0.2) is 45.0 Å². The van der Waals surface area contributed by atoms with Crippen LogP contribution in [0.15, 0.2) is 42.5 Å². The van der Waals surface area contributed by atoms with E-state index in [1.165, 1.54) is 0 Å². The van der Waals surface area contributed by atoms with Gasteiger partial charge < -0.3 is 19.5 Å². The summed E-state index contributed by atoms with van der Waals surface area (Å²) in [6, 6.07) is 12.7. The van der Waals surface area contributed by atoms with E-state index in [0.717, 1.165) is 11.1 Å². The first kappa shape index (κ1) is 22.9. The molecule has 1 amide bonds. The molecule has 2 aromatic rings. The third-order valence-corrected chi connectivity index (χ3v) is 4.48. The molecule has 7 nitrogen and oxygen atoms in total. The molecule has 0 fully saturated rings. The van der Waals surface area contributed by atoms with Gasteiger partial charge in [0, 0.05) is 18.5 Å². The number of ether oxygens (including phenoxy) is 3. The molecular formula is C23H27NO6. The van der Waals surface area contributed by atoms with Crippen LogP contribution in [0.4, 0.5) is 0 Å². The zero-order valence-corrected chi connectivity index (χ0v) is 17.5. The van der Waals surface area contributed by atoms with Crippen LogP contribution in [0.5, 0.6) is 11.5 Å². The minimum atomic E-state index is -0.578. The number of methoxy groups -OCH3 is 2. The number of nitrogens with one attached hydrogen (secondary N) is 1. The highest BCUT2D eigenvalue weighted by Gasteiger charge is 2.12. The van der Waals surface area contributed by atoms with E-state index in [1.807, 2.05) is 31.2 Å². The quantitative estimate of drug-likeness (QED) is 0.450. The lowest BCUT2D eigenvalue weighted by molar-refractivity contribution is -0.148. The minimum Gasteiger partial charge on any atom is -0.493 e. The van der Waals surface area contributed by atoms with Crippen molar-refractivity contribution < 1.29 is 28.6 Å². The number of carbonyl (C=O) groups excluding carboxylic acids is 3. The number of benzene rings is 2. The predicted octanol–water partition coefficient (Wildman–Crippen LogP) is 2.88. The Hall–Kier alpha value is -3.35. The van der Waals surface area contributed by atoms with Crippen molar-refractivity contribution in [1.29, 1.82) is 0 Å². The topological polar surface area (TPSA) is 90.9 Å². The van der Waals surface area contributed by atoms with E-state index in [-0.39, 0.29) is 25.2 Å². The van der Waals surface area contributed by atoms with Gasteiger partial charge >= 0.3 is 5.97 Å². The summed E-state index contributed by atoms with van der Waals surface area (Å²) < 4.78 is 15.4. The molecule has 160 valence electrons. The largest absolute Gasteiger partial charge is 0.493 e. The molecule has 0 spiro atoms. The van der Waals surface area contributed by atoms with Crippen molar-refractivity contribution in [3.8, 4) is 11.5 Å². The fourth-order valence-electron chi connectivity index (χ4n) is 2.75. The average Bonchev–Trinajstić information content (AvgIpc) is 2.76. The van der Waals surface area contributed by atoms with Crippen LogP contribution in [0.2, 0.25) is 0 Å². The lowest BCUT2D eigenvalue weighted by Crippen LogP contribution is -2.30. The van der Waals surface area contributed by atoms with E-state index >= 15 is 0 Å². The molecule has 0 aromatic heterocycles. The average molecular weight is 413 g/mol. The summed E-state index contributed by atoms with van der Waals surface area (Å²) in [5.41, 5.74) is 2.59. The molecule has 0 saturated carbocycles. The Bertz CT molecular complexity index is 876. The molecule has 0 radical (unpaired) electrons. The first-order valence-corrected chi connectivity index (χ1v) is 9.66. The van der Waals surface area contributed by atoms with Crippen LogP contribution in [0.1, 0.15) is 34.3 Å². The van der Waals surface area contributed by atoms with Crippen molar-refractivity contribution in [3.63, 3.8) is 0 Å². The molecule has 2 rings (SSSR count). The monoisotopic (exact) mass is 413 g/mol. The number of amides is 1. The number of rotatable bonds is 11. The summed E-state index contributed by atoms with van der Waals surface area (Å²) in [5, 5.41) is 2.69. The second kappa shape index (κ2) is 11.6. The van der Waals surface area contributed by atoms with Crippen LogP contribution < -0.4 is 14.8 Å². The Morgan fingerprint density at radius 2 is 1.60 bits per heavy atom. The number of hydrogen-bond donors (Lipinski definition) is 1. The molecule has 0 atom stereocenters. The molecule has 7 heteroatoms. The van der Waals surface area contributed by atoms with E-state index in [1.54, 1.807) is 32.4 Å². The van der Waals surface area contributed by atoms with Crippen LogP contribution in [0.25, 0.3) is 0 Å². The third-order valence-electron chi connectivity index (χ3n) is 4.48. The van der Waals surface area contributed by atoms with E-state index in [0.29, 0.717) is 30.0 Å². The van der Waals surface area contributed by atoms with Gasteiger partial charge in [0.1, 0.15) is 0 Å². The van der Waals surface area contributed by atoms with Crippen molar-refractivity contribution >= 4 is 17.7 Å². The van der Waals surface area contributed by atoms with Gasteiger partial charge in [-0.25, -0.2) is 0 Å². The molecule has 0 aliphatic heterocycles. The van der Waals surface area contributed by atoms with Gasteiger partial charge in [-0.3, -0.25) is 14.4 Å². The van der Waals surface area contributed by atoms with Gasteiger partial charge in [0.2, 0.25) is 0 Å². The first-order chi connectivity index (χ1) is 14.4. The van der Waals surface area contributed by atoms with Crippen molar-refractivity contribution in [3.05, 3.63) is 59.2 Å². The highest BCUT2D eigenvalue weighted by atomic mass is 16.5. The second-order valence-electron chi connectivity index (χ2n) is 6.74. The predicted molar refractivity (Wildman–Crippen MR) is 112 cm³/mol. The van der Waals surface area contributed by atoms with Gasteiger partial charge in [-0.05, 0) is 31.0 Å². The zero-order chi connectivity index (χ0) is 21.9. The zero-order valence-electron chi connectivity index (χ0n) is 17.5. The van der Waals surface area contributed by atoms with Crippen LogP contribution in [0.3, 0.4) is 0 Å². The van der Waals surface area contributed by atoms with E-state index in [9.17, 15) is 14.4 Å². The standard InChI is InChI=1S/C23H27NO6/c1-16-4-7-18(8-5-16)19(25)9-11-23(27)30-15-22(26)24-13-12-17-6-10-20(28-2)21(14-17)29-3/h4-8,10,14H,9,11-13,15H2,1-3H3,(H,24,26). The van der Waals surface area contributed by atoms with E-state index in [4.69, 9.17) is 14.2 Å². The van der Waals surface area contributed by atoms with Gasteiger partial charge in [0.05, 0.1) is 20.6 Å². The molecule has 0 saturated heterocycles. The normalized spacial score (nSPS) is 10.2. The Kier molecular flexibility index (Phi) is 8.87. The molecule has 0 heterocycles. The molecule has 30 heavy (non-hydrogen) atoms. The molecule has 1 N–H and O–H groups in total. The number of carbonyl (C=O) groups is 3. The van der Waals surface area contributed by atoms with Gasteiger partial charge in [-0.15, -0.1) is 0 Å². The van der Waals surface area contributed by atoms with E-state index < -0.39 is 11.9 Å². The second-order valence-corrected chi connectivity index (χ2v) is 6.74. The SMILES string of the molecule is COc1ccc(CCNC(=O)COC(=O)CCC(=O)c2ccc(C)cc2)cc1OC. The summed E-state index contributed by atoms with van der Waals surface area (Å²) in [4.78, 5) is 35.7. The Balaban J connectivity index is 1.66. The summed E-state index contributed by atoms with van der Waals surface area (Å²) in [7, 11) is 3.13. The van der Waals surface area contributed by atoms with E-state index in [2.05, 4.69) is 5.32 Å². The van der Waals surface area contributed by atoms with Gasteiger partial charge in [0.15, 0.2) is 23.9 Å². The van der Waals surface area contributed by atoms with Crippen LogP contribution in [0, 0.1) is 6.92 Å². The molecule has 2 aromatic carbocycles. The highest BCUT2D eigenvalue weighted by molar-refractivity contribution is 5.97. The maximum Gasteiger partial charge on any atom is 0.306 e. The molecular weight excluding hydrogens is 386 g/mol. The maximum atomic E-state index is 12.1. The van der Waals surface area contributed by atoms with Gasteiger partial charge in [-0.1, -0.05) is 35.9 Å². The van der Waals surface area contributed by atoms with Crippen molar-refractivity contribution in [1.82, 2.24) is 5.32 Å². The molecule has 0 unspecified atom stereocenters. The molecule has 0 aliphatic rings. The summed E-state index contributed by atoms with van der Waals surface area (Å²) >= 11 is 0. The van der Waals surface area contributed by atoms with Crippen molar-refractivity contribution in [2.75, 3.05) is 27.4 Å². The van der Waals surface area contributed by atoms with Crippen molar-refractivity contribution in [2.45, 2.75) is 26.2 Å². The summed E-state index contributed by atoms with van der Waals surface area (Å²) in [6.45, 7) is 1.95. The van der Waals surface area contributed by atoms with Gasteiger partial charge in [-0.2, -0.15) is 0 Å². The fraction of sp³-hybridized carbons (Fsp3) is 0.348. The lowest BCUT2D eigenvalue weighted by atomic mass is 10.1. The number of esters is 1. The fourth-order valence-corrected chi connectivity index (χ4v) is 2.75. The highest BCUT2D eigenvalue weighted by Crippen LogP contribution is 2.27.